The molecule has 4 heteroatoms. The first-order valence-corrected chi connectivity index (χ1v) is 7.67. The Bertz CT molecular complexity index is 604. The van der Waals surface area contributed by atoms with Crippen LogP contribution in [0.1, 0.15) is 38.0 Å². The van der Waals surface area contributed by atoms with E-state index in [-0.39, 0.29) is 11.9 Å². The van der Waals surface area contributed by atoms with E-state index < -0.39 is 0 Å². The van der Waals surface area contributed by atoms with Gasteiger partial charge in [0.25, 0.3) is 0 Å². The first-order chi connectivity index (χ1) is 10.2. The number of halogens is 1. The molecule has 1 aromatic heterocycles. The molecule has 0 amide bonds. The standard InChI is InChI=1S/C17H22FNO2/c1-3-20-14-6-11(7-14)8-15(19-2)17-10-12-9-13(18)4-5-16(12)21-17/h4-5,9-11,14-15,19H,3,6-8H2,1-2H3. The highest BCUT2D eigenvalue weighted by Crippen LogP contribution is 2.37. The van der Waals surface area contributed by atoms with E-state index in [2.05, 4.69) is 5.32 Å². The van der Waals surface area contributed by atoms with Gasteiger partial charge in [-0.1, -0.05) is 0 Å². The van der Waals surface area contributed by atoms with Crippen LogP contribution in [0, 0.1) is 11.7 Å². The molecule has 2 aromatic rings. The number of furan rings is 1. The molecule has 0 spiro atoms. The monoisotopic (exact) mass is 291 g/mol. The van der Waals surface area contributed by atoms with Crippen LogP contribution in [-0.4, -0.2) is 19.8 Å². The van der Waals surface area contributed by atoms with Gasteiger partial charge in [-0.25, -0.2) is 4.39 Å². The maximum Gasteiger partial charge on any atom is 0.134 e. The Kier molecular flexibility index (Phi) is 4.27. The van der Waals surface area contributed by atoms with E-state index >= 15 is 0 Å². The van der Waals surface area contributed by atoms with Crippen molar-refractivity contribution in [3.8, 4) is 0 Å². The molecular formula is C17H22FNO2. The quantitative estimate of drug-likeness (QED) is 0.872. The number of hydrogen-bond donors (Lipinski definition) is 1. The minimum atomic E-state index is -0.227. The van der Waals surface area contributed by atoms with Crippen LogP contribution in [0.25, 0.3) is 11.0 Å². The number of ether oxygens (including phenoxy) is 1. The second-order valence-corrected chi connectivity index (χ2v) is 5.82. The summed E-state index contributed by atoms with van der Waals surface area (Å²) in [6.07, 6.45) is 3.71. The van der Waals surface area contributed by atoms with E-state index in [9.17, 15) is 4.39 Å². The van der Waals surface area contributed by atoms with Gasteiger partial charge in [-0.05, 0) is 63.4 Å². The van der Waals surface area contributed by atoms with Crippen molar-refractivity contribution in [2.24, 2.45) is 5.92 Å². The van der Waals surface area contributed by atoms with Crippen molar-refractivity contribution >= 4 is 11.0 Å². The summed E-state index contributed by atoms with van der Waals surface area (Å²) in [5, 5.41) is 4.14. The number of benzene rings is 1. The Labute approximate surface area is 124 Å². The van der Waals surface area contributed by atoms with E-state index in [1.807, 2.05) is 20.0 Å². The van der Waals surface area contributed by atoms with E-state index in [1.54, 1.807) is 6.07 Å². The van der Waals surface area contributed by atoms with Crippen LogP contribution >= 0.6 is 0 Å². The third kappa shape index (κ3) is 3.11. The molecule has 1 unspecified atom stereocenters. The third-order valence-electron chi connectivity index (χ3n) is 4.35. The number of fused-ring (bicyclic) bond motifs is 1. The average molecular weight is 291 g/mol. The predicted octanol–water partition coefficient (Wildman–Crippen LogP) is 4.04. The highest BCUT2D eigenvalue weighted by Gasteiger charge is 2.32. The Morgan fingerprint density at radius 3 is 2.90 bits per heavy atom. The Morgan fingerprint density at radius 1 is 1.38 bits per heavy atom. The summed E-state index contributed by atoms with van der Waals surface area (Å²) in [5.74, 6) is 1.33. The van der Waals surface area contributed by atoms with Gasteiger partial charge in [0.15, 0.2) is 0 Å². The van der Waals surface area contributed by atoms with Crippen molar-refractivity contribution < 1.29 is 13.5 Å². The second kappa shape index (κ2) is 6.16. The lowest BCUT2D eigenvalue weighted by molar-refractivity contribution is -0.0294. The number of nitrogens with one attached hydrogen (secondary N) is 1. The molecule has 0 bridgehead atoms. The molecule has 1 fully saturated rings. The Balaban J connectivity index is 1.67. The topological polar surface area (TPSA) is 34.4 Å². The van der Waals surface area contributed by atoms with E-state index in [0.29, 0.717) is 12.0 Å². The van der Waals surface area contributed by atoms with Crippen LogP contribution in [0.3, 0.4) is 0 Å². The smallest absolute Gasteiger partial charge is 0.134 e. The van der Waals surface area contributed by atoms with Gasteiger partial charge in [-0.3, -0.25) is 0 Å². The maximum absolute atomic E-state index is 13.2. The normalized spacial score (nSPS) is 23.2. The fourth-order valence-corrected chi connectivity index (χ4v) is 3.15. The molecule has 1 saturated carbocycles. The van der Waals surface area contributed by atoms with Crippen molar-refractivity contribution in [3.63, 3.8) is 0 Å². The summed E-state index contributed by atoms with van der Waals surface area (Å²) >= 11 is 0. The first-order valence-electron chi connectivity index (χ1n) is 7.67. The summed E-state index contributed by atoms with van der Waals surface area (Å²) in [6.45, 7) is 2.83. The second-order valence-electron chi connectivity index (χ2n) is 5.82. The number of rotatable bonds is 6. The van der Waals surface area contributed by atoms with E-state index in [0.717, 1.165) is 42.6 Å². The molecule has 21 heavy (non-hydrogen) atoms. The molecule has 0 radical (unpaired) electrons. The van der Waals surface area contributed by atoms with Gasteiger partial charge in [0.05, 0.1) is 12.1 Å². The van der Waals surface area contributed by atoms with Crippen molar-refractivity contribution in [1.29, 1.82) is 0 Å². The van der Waals surface area contributed by atoms with Gasteiger partial charge in [-0.15, -0.1) is 0 Å². The zero-order valence-corrected chi connectivity index (χ0v) is 12.6. The largest absolute Gasteiger partial charge is 0.459 e. The highest BCUT2D eigenvalue weighted by molar-refractivity contribution is 5.78. The summed E-state index contributed by atoms with van der Waals surface area (Å²) < 4.78 is 24.7. The van der Waals surface area contributed by atoms with E-state index in [4.69, 9.17) is 9.15 Å². The molecule has 1 aliphatic carbocycles. The van der Waals surface area contributed by atoms with Crippen molar-refractivity contribution in [3.05, 3.63) is 35.8 Å². The maximum atomic E-state index is 13.2. The average Bonchev–Trinajstić information content (AvgIpc) is 2.83. The molecule has 3 rings (SSSR count). The van der Waals surface area contributed by atoms with Gasteiger partial charge in [0.2, 0.25) is 0 Å². The lowest BCUT2D eigenvalue weighted by Gasteiger charge is -2.36. The molecule has 1 aliphatic rings. The fraction of sp³-hybridized carbons (Fsp3) is 0.529. The van der Waals surface area contributed by atoms with Crippen molar-refractivity contribution in [2.45, 2.75) is 38.3 Å². The first kappa shape index (κ1) is 14.5. The zero-order valence-electron chi connectivity index (χ0n) is 12.6. The number of hydrogen-bond acceptors (Lipinski definition) is 3. The third-order valence-corrected chi connectivity index (χ3v) is 4.35. The van der Waals surface area contributed by atoms with Crippen molar-refractivity contribution in [1.82, 2.24) is 5.32 Å². The van der Waals surface area contributed by atoms with Crippen LogP contribution < -0.4 is 5.32 Å². The van der Waals surface area contributed by atoms with Crippen LogP contribution in [-0.2, 0) is 4.74 Å². The van der Waals surface area contributed by atoms with Gasteiger partial charge < -0.3 is 14.5 Å². The zero-order chi connectivity index (χ0) is 14.8. The lowest BCUT2D eigenvalue weighted by Crippen LogP contribution is -2.34. The predicted molar refractivity (Wildman–Crippen MR) is 80.7 cm³/mol. The summed E-state index contributed by atoms with van der Waals surface area (Å²) in [7, 11) is 1.94. The summed E-state index contributed by atoms with van der Waals surface area (Å²) in [6, 6.07) is 6.76. The molecule has 1 aromatic carbocycles. The van der Waals surface area contributed by atoms with E-state index in [1.165, 1.54) is 12.1 Å². The molecule has 1 atom stereocenters. The lowest BCUT2D eigenvalue weighted by atomic mass is 9.78. The van der Waals surface area contributed by atoms with Crippen molar-refractivity contribution in [2.75, 3.05) is 13.7 Å². The molecular weight excluding hydrogens is 269 g/mol. The minimum absolute atomic E-state index is 0.174. The van der Waals surface area contributed by atoms with Gasteiger partial charge >= 0.3 is 0 Å². The Hall–Kier alpha value is -1.39. The molecule has 114 valence electrons. The van der Waals surface area contributed by atoms with Crippen LogP contribution in [0.4, 0.5) is 4.39 Å². The van der Waals surface area contributed by atoms with Gasteiger partial charge in [0, 0.05) is 12.0 Å². The molecule has 0 aliphatic heterocycles. The summed E-state index contributed by atoms with van der Waals surface area (Å²) in [4.78, 5) is 0. The van der Waals surface area contributed by atoms with Crippen LogP contribution in [0.2, 0.25) is 0 Å². The van der Waals surface area contributed by atoms with Gasteiger partial charge in [-0.2, -0.15) is 0 Å². The SMILES string of the molecule is CCOC1CC(CC(NC)c2cc3cc(F)ccc3o2)C1. The minimum Gasteiger partial charge on any atom is -0.459 e. The highest BCUT2D eigenvalue weighted by atomic mass is 19.1. The molecule has 1 heterocycles. The summed E-state index contributed by atoms with van der Waals surface area (Å²) in [5.41, 5.74) is 0.743. The fourth-order valence-electron chi connectivity index (χ4n) is 3.15. The molecule has 1 N–H and O–H groups in total. The van der Waals surface area contributed by atoms with Crippen LogP contribution in [0.5, 0.6) is 0 Å². The molecule has 0 saturated heterocycles. The van der Waals surface area contributed by atoms with Gasteiger partial charge in [0.1, 0.15) is 17.2 Å². The Morgan fingerprint density at radius 2 is 2.19 bits per heavy atom. The van der Waals surface area contributed by atoms with Crippen LogP contribution in [0.15, 0.2) is 28.7 Å². The molecule has 3 nitrogen and oxygen atoms in total.